The van der Waals surface area contributed by atoms with Crippen LogP contribution in [0.4, 0.5) is 8.78 Å². The second kappa shape index (κ2) is 21.3. The van der Waals surface area contributed by atoms with Gasteiger partial charge in [0.1, 0.15) is 37.6 Å². The van der Waals surface area contributed by atoms with Crippen molar-refractivity contribution in [2.24, 2.45) is 11.8 Å². The highest BCUT2D eigenvalue weighted by Gasteiger charge is 2.30. The van der Waals surface area contributed by atoms with Crippen LogP contribution in [0.5, 0.6) is 0 Å². The quantitative estimate of drug-likeness (QED) is 0.110. The first-order valence-electron chi connectivity index (χ1n) is 21.3. The van der Waals surface area contributed by atoms with Crippen molar-refractivity contribution in [3.8, 4) is 0 Å². The van der Waals surface area contributed by atoms with Crippen molar-refractivity contribution in [2.45, 2.75) is 52.4 Å². The average Bonchev–Trinajstić information content (AvgIpc) is 4.07. The number of ketones is 2. The van der Waals surface area contributed by atoms with Crippen LogP contribution >= 0.6 is 22.7 Å². The van der Waals surface area contributed by atoms with Gasteiger partial charge in [-0.2, -0.15) is 0 Å². The van der Waals surface area contributed by atoms with Crippen molar-refractivity contribution < 1.29 is 42.7 Å². The van der Waals surface area contributed by atoms with Gasteiger partial charge < -0.3 is 29.5 Å². The highest BCUT2D eigenvalue weighted by molar-refractivity contribution is 7.19. The van der Waals surface area contributed by atoms with Crippen molar-refractivity contribution in [3.05, 3.63) is 122 Å². The minimum atomic E-state index is -1.08. The first-order valence-corrected chi connectivity index (χ1v) is 22.9. The Morgan fingerprint density at radius 1 is 0.677 bits per heavy atom. The highest BCUT2D eigenvalue weighted by Crippen LogP contribution is 2.30. The summed E-state index contributed by atoms with van der Waals surface area (Å²) in [5.41, 5.74) is 3.81. The number of nitrogens with zero attached hydrogens (tertiary/aromatic N) is 6. The van der Waals surface area contributed by atoms with E-state index in [0.29, 0.717) is 40.2 Å². The fourth-order valence-electron chi connectivity index (χ4n) is 7.96. The van der Waals surface area contributed by atoms with Crippen molar-refractivity contribution >= 4 is 67.7 Å². The Kier molecular flexibility index (Phi) is 15.8. The summed E-state index contributed by atoms with van der Waals surface area (Å²) in [6, 6.07) is 16.9. The second-order valence-electron chi connectivity index (χ2n) is 16.6. The topological polar surface area (TPSA) is 166 Å². The van der Waals surface area contributed by atoms with E-state index in [-0.39, 0.29) is 33.8 Å². The number of halogens is 2. The Morgan fingerprint density at radius 3 is 1.68 bits per heavy atom. The maximum Gasteiger partial charge on any atom is 0.347 e. The maximum absolute atomic E-state index is 13.2. The molecule has 2 aliphatic heterocycles. The smallest absolute Gasteiger partial charge is 0.347 e. The SMILES string of the molecule is Cc1c(C(=O)N2CCC(Cc3ccc(F)cc3)CC2)sc2ccc(C(=O)C(=O)N(C)C)n12.Cc1c(C(=O)O)sc2ncc(C(=O)C(=O)N(C)C)n12.Fc1ccc(CC2CCNCC2)cc1. The predicted octanol–water partition coefficient (Wildman–Crippen LogP) is 6.86. The van der Waals surface area contributed by atoms with Gasteiger partial charge in [-0.1, -0.05) is 35.6 Å². The van der Waals surface area contributed by atoms with Gasteiger partial charge in [-0.15, -0.1) is 11.3 Å². The molecule has 2 fully saturated rings. The number of carboxylic acid groups (broad SMARTS) is 1. The lowest BCUT2D eigenvalue weighted by atomic mass is 9.90. The van der Waals surface area contributed by atoms with Crippen LogP contribution in [-0.2, 0) is 22.4 Å². The molecule has 14 nitrogen and oxygen atoms in total. The van der Waals surface area contributed by atoms with Gasteiger partial charge in [0.15, 0.2) is 4.96 Å². The number of amides is 3. The fraction of sp³-hybridized carbons (Fsp3) is 0.383. The number of carbonyl (C=O) groups is 6. The first kappa shape index (κ1) is 48.3. The number of hydrogen-bond acceptors (Lipinski definition) is 10. The van der Waals surface area contributed by atoms with E-state index < -0.39 is 29.4 Å². The summed E-state index contributed by atoms with van der Waals surface area (Å²) in [5.74, 6) is -2.80. The van der Waals surface area contributed by atoms with Crippen LogP contribution in [0, 0.1) is 37.3 Å². The van der Waals surface area contributed by atoms with E-state index in [0.717, 1.165) is 66.4 Å². The molecule has 6 aromatic rings. The monoisotopic (exact) mass is 929 g/mol. The molecule has 18 heteroatoms. The summed E-state index contributed by atoms with van der Waals surface area (Å²) in [7, 11) is 6.03. The van der Waals surface area contributed by atoms with Crippen LogP contribution in [0.25, 0.3) is 9.79 Å². The molecule has 4 aromatic heterocycles. The number of rotatable bonds is 10. The summed E-state index contributed by atoms with van der Waals surface area (Å²) in [4.78, 5) is 82.7. The standard InChI is InChI=1S/C24H26FN3O3S.C12H16FN.C11H11N3O4S/c1-15-22(32-20-9-8-19(28(15)20)21(29)23(30)26(2)3)24(31)27-12-10-17(11-13-27)14-16-4-6-18(25)7-5-16;13-12-3-1-10(2-4-12)9-11-5-7-14-8-6-11;1-5-8(10(17)18)19-11-12-4-6(14(5)11)7(15)9(16)13(2)3/h4-9,17H,10-14H2,1-3H3;1-4,11,14H,5-9H2;4H,1-3H3,(H,17,18). The van der Waals surface area contributed by atoms with Crippen LogP contribution in [0.1, 0.15) is 88.5 Å². The van der Waals surface area contributed by atoms with Crippen LogP contribution in [0.2, 0.25) is 0 Å². The van der Waals surface area contributed by atoms with E-state index in [2.05, 4.69) is 10.3 Å². The number of hydrogen-bond donors (Lipinski definition) is 2. The summed E-state index contributed by atoms with van der Waals surface area (Å²) in [6.45, 7) is 6.99. The number of carboxylic acids is 1. The molecule has 0 bridgehead atoms. The largest absolute Gasteiger partial charge is 0.477 e. The van der Waals surface area contributed by atoms with E-state index in [4.69, 9.17) is 5.11 Å². The van der Waals surface area contributed by atoms with E-state index >= 15 is 0 Å². The molecule has 2 N–H and O–H groups in total. The van der Waals surface area contributed by atoms with E-state index in [1.165, 1.54) is 76.4 Å². The van der Waals surface area contributed by atoms with Gasteiger partial charge in [0.2, 0.25) is 0 Å². The predicted molar refractivity (Wildman–Crippen MR) is 245 cm³/mol. The number of imidazole rings is 1. The van der Waals surface area contributed by atoms with Crippen molar-refractivity contribution in [1.82, 2.24) is 33.8 Å². The summed E-state index contributed by atoms with van der Waals surface area (Å²) in [5, 5.41) is 12.4. The maximum atomic E-state index is 13.2. The number of aromatic nitrogens is 3. The zero-order chi connectivity index (χ0) is 47.1. The third-order valence-corrected chi connectivity index (χ3v) is 13.9. The van der Waals surface area contributed by atoms with Gasteiger partial charge in [-0.3, -0.25) is 28.4 Å². The van der Waals surface area contributed by atoms with E-state index in [9.17, 15) is 37.5 Å². The minimum Gasteiger partial charge on any atom is -0.477 e. The average molecular weight is 930 g/mol. The van der Waals surface area contributed by atoms with Gasteiger partial charge in [0.25, 0.3) is 29.3 Å². The molecule has 8 rings (SSSR count). The van der Waals surface area contributed by atoms with Crippen LogP contribution < -0.4 is 5.32 Å². The van der Waals surface area contributed by atoms with Crippen molar-refractivity contribution in [3.63, 3.8) is 0 Å². The lowest BCUT2D eigenvalue weighted by Crippen LogP contribution is -2.38. The highest BCUT2D eigenvalue weighted by atomic mass is 32.1. The third-order valence-electron chi connectivity index (χ3n) is 11.6. The number of fused-ring (bicyclic) bond motifs is 2. The molecule has 0 saturated carbocycles. The summed E-state index contributed by atoms with van der Waals surface area (Å²) >= 11 is 2.31. The molecule has 0 radical (unpaired) electrons. The number of piperidine rings is 2. The third kappa shape index (κ3) is 11.4. The van der Waals surface area contributed by atoms with Gasteiger partial charge in [-0.05, 0) is 125 Å². The number of carbonyl (C=O) groups excluding carboxylic acids is 5. The number of benzene rings is 2. The number of likely N-dealkylation sites (N-methyl/N-ethyl adjacent to an activating group) is 2. The minimum absolute atomic E-state index is 0.0335. The Morgan fingerprint density at radius 2 is 1.17 bits per heavy atom. The zero-order valence-electron chi connectivity index (χ0n) is 37.2. The van der Waals surface area contributed by atoms with Crippen LogP contribution in [-0.4, -0.2) is 123 Å². The molecular formula is C47H53F2N7O7S2. The number of nitrogens with one attached hydrogen (secondary N) is 1. The Balaban J connectivity index is 0.000000179. The van der Waals surface area contributed by atoms with Gasteiger partial charge in [-0.25, -0.2) is 18.6 Å². The molecule has 2 aliphatic rings. The molecule has 2 saturated heterocycles. The summed E-state index contributed by atoms with van der Waals surface area (Å²) in [6.07, 6.45) is 7.56. The van der Waals surface area contributed by atoms with Crippen LogP contribution in [0.3, 0.4) is 0 Å². The number of thiazole rings is 2. The molecule has 344 valence electrons. The van der Waals surface area contributed by atoms with E-state index in [1.807, 2.05) is 36.1 Å². The number of likely N-dealkylation sites (tertiary alicyclic amines) is 1. The lowest BCUT2D eigenvalue weighted by molar-refractivity contribution is -0.124. The first-order chi connectivity index (χ1) is 30.9. The number of aryl methyl sites for hydroxylation is 2. The van der Waals surface area contributed by atoms with Gasteiger partial charge in [0, 0.05) is 52.7 Å². The number of Topliss-reactive ketones (excluding diaryl/α,β-unsaturated/α-hetero) is 2. The van der Waals surface area contributed by atoms with Crippen molar-refractivity contribution in [2.75, 3.05) is 54.4 Å². The fourth-order valence-corrected chi connectivity index (χ4v) is 10.0. The molecule has 2 aromatic carbocycles. The summed E-state index contributed by atoms with van der Waals surface area (Å²) < 4.78 is 28.9. The molecular weight excluding hydrogens is 877 g/mol. The zero-order valence-corrected chi connectivity index (χ0v) is 38.9. The second-order valence-corrected chi connectivity index (χ2v) is 18.6. The molecule has 0 atom stereocenters. The molecule has 0 aliphatic carbocycles. The normalized spacial score (nSPS) is 14.3. The molecule has 6 heterocycles. The Labute approximate surface area is 383 Å². The molecule has 0 spiro atoms. The van der Waals surface area contributed by atoms with Crippen molar-refractivity contribution in [1.29, 1.82) is 0 Å². The van der Waals surface area contributed by atoms with Gasteiger partial charge in [0.05, 0.1) is 6.20 Å². The number of aromatic carboxylic acids is 1. The van der Waals surface area contributed by atoms with Crippen LogP contribution in [0.15, 0.2) is 66.9 Å². The Bertz CT molecular complexity index is 2690. The molecule has 0 unspecified atom stereocenters. The lowest BCUT2D eigenvalue weighted by Gasteiger charge is -2.32. The molecule has 65 heavy (non-hydrogen) atoms. The van der Waals surface area contributed by atoms with Gasteiger partial charge >= 0.3 is 5.97 Å². The Hall–Kier alpha value is -6.11. The van der Waals surface area contributed by atoms with E-state index in [1.54, 1.807) is 49.7 Å². The molecule has 3 amide bonds.